The molecule has 0 bridgehead atoms. The van der Waals surface area contributed by atoms with Crippen molar-refractivity contribution in [2.45, 2.75) is 48.6 Å². The average molecular weight is 658 g/mol. The van der Waals surface area contributed by atoms with Gasteiger partial charge in [0.2, 0.25) is 5.91 Å². The van der Waals surface area contributed by atoms with Crippen LogP contribution in [0.15, 0.2) is 103 Å². The lowest BCUT2D eigenvalue weighted by Crippen LogP contribution is -2.68. The molecular weight excluding hydrogens is 627 g/mol. The summed E-state index contributed by atoms with van der Waals surface area (Å²) in [6, 6.07) is 31.6. The van der Waals surface area contributed by atoms with E-state index in [2.05, 4.69) is 46.4 Å². The Kier molecular flexibility index (Phi) is 7.71. The molecular formula is C34H30Cl2N6O2S. The molecule has 45 heavy (non-hydrogen) atoms. The van der Waals surface area contributed by atoms with Crippen LogP contribution in [-0.4, -0.2) is 52.3 Å². The van der Waals surface area contributed by atoms with E-state index in [0.717, 1.165) is 22.4 Å². The van der Waals surface area contributed by atoms with Crippen molar-refractivity contribution in [2.75, 3.05) is 4.90 Å². The first-order valence-corrected chi connectivity index (χ1v) is 16.2. The Hall–Kier alpha value is -4.05. The third-order valence-electron chi connectivity index (χ3n) is 8.49. The highest BCUT2D eigenvalue weighted by Crippen LogP contribution is 2.59. The summed E-state index contributed by atoms with van der Waals surface area (Å²) in [6.45, 7) is 4.70. The third-order valence-corrected chi connectivity index (χ3v) is 10.6. The molecule has 3 unspecified atom stereocenters. The fourth-order valence-electron chi connectivity index (χ4n) is 6.44. The smallest absolute Gasteiger partial charge is 0.250 e. The summed E-state index contributed by atoms with van der Waals surface area (Å²) < 4.78 is 1.37. The van der Waals surface area contributed by atoms with Crippen molar-refractivity contribution < 1.29 is 9.90 Å². The Bertz CT molecular complexity index is 1820. The predicted octanol–water partition coefficient (Wildman–Crippen LogP) is 7.13. The van der Waals surface area contributed by atoms with E-state index in [1.807, 2.05) is 83.8 Å². The van der Waals surface area contributed by atoms with Crippen LogP contribution >= 0.6 is 35.0 Å². The molecule has 8 nitrogen and oxygen atoms in total. The summed E-state index contributed by atoms with van der Waals surface area (Å²) in [5, 5.41) is 23.6. The number of amides is 1. The van der Waals surface area contributed by atoms with Gasteiger partial charge in [-0.05, 0) is 89.5 Å². The van der Waals surface area contributed by atoms with Gasteiger partial charge in [-0.1, -0.05) is 77.8 Å². The number of nitrogens with zero attached hydrogens (tertiary/aromatic N) is 6. The van der Waals surface area contributed by atoms with Crippen molar-refractivity contribution in [1.82, 2.24) is 25.1 Å². The van der Waals surface area contributed by atoms with Crippen molar-refractivity contribution in [3.8, 4) is 5.75 Å². The van der Waals surface area contributed by atoms with Crippen molar-refractivity contribution in [3.63, 3.8) is 0 Å². The first kappa shape index (κ1) is 29.6. The lowest BCUT2D eigenvalue weighted by Gasteiger charge is -2.52. The number of β-lactam (4-membered cyclic amide) rings is 1. The van der Waals surface area contributed by atoms with Crippen LogP contribution in [0.4, 0.5) is 5.69 Å². The van der Waals surface area contributed by atoms with E-state index in [1.165, 1.54) is 0 Å². The van der Waals surface area contributed by atoms with Crippen molar-refractivity contribution in [1.29, 1.82) is 0 Å². The quantitative estimate of drug-likeness (QED) is 0.178. The Morgan fingerprint density at radius 2 is 1.51 bits per heavy atom. The lowest BCUT2D eigenvalue weighted by atomic mass is 9.90. The largest absolute Gasteiger partial charge is 0.508 e. The Morgan fingerprint density at radius 1 is 0.889 bits per heavy atom. The Labute approximate surface area is 275 Å². The van der Waals surface area contributed by atoms with Crippen molar-refractivity contribution in [3.05, 3.63) is 136 Å². The Morgan fingerprint density at radius 3 is 2.18 bits per heavy atom. The third kappa shape index (κ3) is 5.43. The molecule has 0 aliphatic carbocycles. The SMILES string of the molecule is CC1(C)S[C@@H]2C(N(c3ccc(Cl)cc3)C(c3ccccc3)c3ccc(Cl)cc3)C(=O)N2C1c1nnnn1Cc1ccc(O)cc1. The van der Waals surface area contributed by atoms with Gasteiger partial charge in [0.25, 0.3) is 0 Å². The van der Waals surface area contributed by atoms with Crippen LogP contribution in [-0.2, 0) is 11.3 Å². The zero-order valence-corrected chi connectivity index (χ0v) is 26.9. The molecule has 0 saturated carbocycles. The van der Waals surface area contributed by atoms with Crippen LogP contribution in [0.2, 0.25) is 10.0 Å². The van der Waals surface area contributed by atoms with Gasteiger partial charge in [-0.3, -0.25) is 4.79 Å². The number of hydrogen-bond acceptors (Lipinski definition) is 7. The maximum Gasteiger partial charge on any atom is 0.250 e. The number of rotatable bonds is 8. The molecule has 0 spiro atoms. The van der Waals surface area contributed by atoms with Crippen LogP contribution in [0.3, 0.4) is 0 Å². The maximum atomic E-state index is 14.6. The second-order valence-corrected chi connectivity index (χ2v) is 14.5. The fraction of sp³-hybridized carbons (Fsp3) is 0.235. The highest BCUT2D eigenvalue weighted by Gasteiger charge is 2.65. The topological polar surface area (TPSA) is 87.4 Å². The summed E-state index contributed by atoms with van der Waals surface area (Å²) >= 11 is 14.4. The zero-order chi connectivity index (χ0) is 31.3. The summed E-state index contributed by atoms with van der Waals surface area (Å²) in [7, 11) is 0. The number of carbonyl (C=O) groups is 1. The number of anilines is 1. The molecule has 0 radical (unpaired) electrons. The Balaban J connectivity index is 1.29. The van der Waals surface area contributed by atoms with Crippen LogP contribution < -0.4 is 4.90 Å². The average Bonchev–Trinajstić information content (AvgIpc) is 3.58. The van der Waals surface area contributed by atoms with Crippen LogP contribution in [0.1, 0.15) is 48.4 Å². The van der Waals surface area contributed by atoms with Gasteiger partial charge in [0.05, 0.1) is 12.6 Å². The number of benzene rings is 4. The first-order valence-electron chi connectivity index (χ1n) is 14.6. The monoisotopic (exact) mass is 656 g/mol. The number of hydrogen-bond donors (Lipinski definition) is 1. The van der Waals surface area contributed by atoms with Crippen molar-refractivity contribution in [2.24, 2.45) is 0 Å². The van der Waals surface area contributed by atoms with E-state index in [1.54, 1.807) is 28.6 Å². The van der Waals surface area contributed by atoms with Gasteiger partial charge in [0.1, 0.15) is 23.2 Å². The summed E-state index contributed by atoms with van der Waals surface area (Å²) in [6.07, 6.45) is 0. The minimum Gasteiger partial charge on any atom is -0.508 e. The molecule has 2 aliphatic heterocycles. The number of carbonyl (C=O) groups excluding carboxylic acids is 1. The molecule has 2 saturated heterocycles. The second-order valence-electron chi connectivity index (χ2n) is 11.8. The number of phenolic OH excluding ortho intramolecular Hbond substituents is 1. The number of fused-ring (bicyclic) bond motifs is 1. The van der Waals surface area contributed by atoms with E-state index < -0.39 is 6.04 Å². The van der Waals surface area contributed by atoms with E-state index >= 15 is 0 Å². The molecule has 1 amide bonds. The van der Waals surface area contributed by atoms with Crippen LogP contribution in [0.25, 0.3) is 0 Å². The van der Waals surface area contributed by atoms with E-state index in [0.29, 0.717) is 22.4 Å². The minimum absolute atomic E-state index is 0.00658. The van der Waals surface area contributed by atoms with E-state index in [4.69, 9.17) is 23.2 Å². The molecule has 2 fully saturated rings. The van der Waals surface area contributed by atoms with E-state index in [9.17, 15) is 9.90 Å². The molecule has 2 aliphatic rings. The molecule has 3 heterocycles. The number of halogens is 2. The first-order chi connectivity index (χ1) is 21.7. The van der Waals surface area contributed by atoms with Gasteiger partial charge in [-0.2, -0.15) is 0 Å². The minimum atomic E-state index is -0.470. The number of aromatic nitrogens is 4. The normalized spacial score (nSPS) is 20.8. The molecule has 7 rings (SSSR count). The van der Waals surface area contributed by atoms with Gasteiger partial charge in [0.15, 0.2) is 5.82 Å². The van der Waals surface area contributed by atoms with Gasteiger partial charge < -0.3 is 14.9 Å². The second kappa shape index (κ2) is 11.7. The molecule has 4 aromatic carbocycles. The zero-order valence-electron chi connectivity index (χ0n) is 24.5. The fourth-order valence-corrected chi connectivity index (χ4v) is 8.38. The highest BCUT2D eigenvalue weighted by atomic mass is 35.5. The summed E-state index contributed by atoms with van der Waals surface area (Å²) in [4.78, 5) is 18.7. The van der Waals surface area contributed by atoms with Crippen LogP contribution in [0.5, 0.6) is 5.75 Å². The summed E-state index contributed by atoms with van der Waals surface area (Å²) in [5.41, 5.74) is 3.90. The summed E-state index contributed by atoms with van der Waals surface area (Å²) in [5.74, 6) is 0.832. The molecule has 4 atom stereocenters. The number of thioether (sulfide) groups is 1. The molecule has 1 N–H and O–H groups in total. The standard InChI is InChI=1S/C34H30Cl2N6O2S/c1-34(2)30(31-37-38-39-40(31)20-21-8-18-27(43)19-9-21)42-32(44)29(33(42)45-34)41(26-16-14-25(36)15-17-26)28(22-6-4-3-5-7-22)23-10-12-24(35)13-11-23/h3-19,28-30,33,43H,20H2,1-2H3/t28?,29?,30?,33-/m1/s1. The molecule has 11 heteroatoms. The molecule has 1 aromatic heterocycles. The van der Waals surface area contributed by atoms with Gasteiger partial charge in [0, 0.05) is 20.5 Å². The van der Waals surface area contributed by atoms with Crippen molar-refractivity contribution >= 4 is 46.6 Å². The highest BCUT2D eigenvalue weighted by molar-refractivity contribution is 8.01. The predicted molar refractivity (Wildman–Crippen MR) is 178 cm³/mol. The van der Waals surface area contributed by atoms with E-state index in [-0.39, 0.29) is 33.9 Å². The number of phenols is 1. The molecule has 5 aromatic rings. The van der Waals surface area contributed by atoms with Crippen LogP contribution in [0, 0.1) is 0 Å². The van der Waals surface area contributed by atoms with Gasteiger partial charge >= 0.3 is 0 Å². The maximum absolute atomic E-state index is 14.6. The van der Waals surface area contributed by atoms with Gasteiger partial charge in [-0.15, -0.1) is 16.9 Å². The number of tetrazole rings is 1. The molecule has 228 valence electrons. The number of aromatic hydroxyl groups is 1. The lowest BCUT2D eigenvalue weighted by molar-refractivity contribution is -0.148. The van der Waals surface area contributed by atoms with Gasteiger partial charge in [-0.25, -0.2) is 4.68 Å².